The molecule has 0 amide bonds. The average molecular weight is 200 g/mol. The van der Waals surface area contributed by atoms with E-state index in [4.69, 9.17) is 21.2 Å². The minimum Gasteiger partial charge on any atom is -0.391 e. The van der Waals surface area contributed by atoms with Crippen molar-refractivity contribution in [1.29, 1.82) is 0 Å². The predicted octanol–water partition coefficient (Wildman–Crippen LogP) is 1.16. The van der Waals surface area contributed by atoms with Crippen molar-refractivity contribution in [2.45, 2.75) is 13.0 Å². The van der Waals surface area contributed by atoms with E-state index < -0.39 is 14.9 Å². The lowest BCUT2D eigenvalue weighted by Crippen LogP contribution is -2.09. The number of ether oxygens (including phenoxy) is 1. The SMILES string of the molecule is C#CCOCC(C)O.OP(F)F. The van der Waals surface area contributed by atoms with E-state index in [1.165, 1.54) is 0 Å². The molecular formula is C6H11F2O3P. The van der Waals surface area contributed by atoms with Gasteiger partial charge in [-0.05, 0) is 6.92 Å². The number of rotatable bonds is 3. The van der Waals surface area contributed by atoms with E-state index in [9.17, 15) is 8.39 Å². The van der Waals surface area contributed by atoms with Crippen molar-refractivity contribution in [3.05, 3.63) is 0 Å². The van der Waals surface area contributed by atoms with Crippen molar-refractivity contribution < 1.29 is 23.1 Å². The first-order valence-corrected chi connectivity index (χ1v) is 4.08. The van der Waals surface area contributed by atoms with Crippen molar-refractivity contribution in [2.75, 3.05) is 13.2 Å². The molecule has 1 unspecified atom stereocenters. The zero-order valence-electron chi connectivity index (χ0n) is 6.57. The van der Waals surface area contributed by atoms with Gasteiger partial charge in [0.05, 0.1) is 12.7 Å². The summed E-state index contributed by atoms with van der Waals surface area (Å²) in [5.41, 5.74) is 0. The summed E-state index contributed by atoms with van der Waals surface area (Å²) >= 11 is 0. The van der Waals surface area contributed by atoms with Gasteiger partial charge in [-0.3, -0.25) is 0 Å². The van der Waals surface area contributed by atoms with Gasteiger partial charge in [-0.2, -0.15) is 8.39 Å². The summed E-state index contributed by atoms with van der Waals surface area (Å²) in [6.07, 6.45) is 4.44. The lowest BCUT2D eigenvalue weighted by Gasteiger charge is -2.00. The van der Waals surface area contributed by atoms with Crippen molar-refractivity contribution in [2.24, 2.45) is 0 Å². The zero-order valence-corrected chi connectivity index (χ0v) is 7.47. The molecule has 0 bridgehead atoms. The first kappa shape index (κ1) is 14.3. The number of aliphatic hydroxyl groups is 1. The Hall–Kier alpha value is -0.270. The van der Waals surface area contributed by atoms with Crippen LogP contribution in [0.4, 0.5) is 8.39 Å². The molecule has 12 heavy (non-hydrogen) atoms. The second kappa shape index (κ2) is 10.7. The van der Waals surface area contributed by atoms with Crippen LogP contribution in [0.5, 0.6) is 0 Å². The minimum atomic E-state index is -3.62. The minimum absolute atomic E-state index is 0.283. The van der Waals surface area contributed by atoms with Crippen LogP contribution in [0, 0.1) is 12.3 Å². The summed E-state index contributed by atoms with van der Waals surface area (Å²) in [6.45, 7) is 2.26. The van der Waals surface area contributed by atoms with Crippen molar-refractivity contribution in [3.8, 4) is 12.3 Å². The van der Waals surface area contributed by atoms with E-state index in [1.54, 1.807) is 6.92 Å². The third-order valence-electron chi connectivity index (χ3n) is 0.544. The van der Waals surface area contributed by atoms with Gasteiger partial charge in [0.15, 0.2) is 0 Å². The highest BCUT2D eigenvalue weighted by Gasteiger charge is 1.90. The third-order valence-corrected chi connectivity index (χ3v) is 0.544. The molecule has 0 fully saturated rings. The molecule has 6 heteroatoms. The molecule has 0 saturated carbocycles. The van der Waals surface area contributed by atoms with Gasteiger partial charge in [0.1, 0.15) is 6.61 Å². The average Bonchev–Trinajstić information content (AvgIpc) is 1.86. The Morgan fingerprint density at radius 1 is 1.67 bits per heavy atom. The molecule has 0 aliphatic carbocycles. The Morgan fingerprint density at radius 3 is 2.33 bits per heavy atom. The number of hydrogen-bond acceptors (Lipinski definition) is 3. The predicted molar refractivity (Wildman–Crippen MR) is 42.7 cm³/mol. The van der Waals surface area contributed by atoms with E-state index in [2.05, 4.69) is 5.92 Å². The van der Waals surface area contributed by atoms with E-state index in [-0.39, 0.29) is 6.61 Å². The molecule has 0 aromatic rings. The second-order valence-electron chi connectivity index (χ2n) is 1.78. The monoisotopic (exact) mass is 200 g/mol. The van der Waals surface area contributed by atoms with Gasteiger partial charge in [0, 0.05) is 0 Å². The summed E-state index contributed by atoms with van der Waals surface area (Å²) in [7, 11) is -3.62. The Morgan fingerprint density at radius 2 is 2.08 bits per heavy atom. The van der Waals surface area contributed by atoms with Crippen LogP contribution in [-0.2, 0) is 4.74 Å². The molecule has 3 nitrogen and oxygen atoms in total. The van der Waals surface area contributed by atoms with Gasteiger partial charge in [-0.1, -0.05) is 5.92 Å². The standard InChI is InChI=1S/C6H10O2.F2HOP/c1-3-4-8-5-6(2)7;1-4(2)3/h1,6-7H,4-5H2,2H3;3H. The van der Waals surface area contributed by atoms with Crippen molar-refractivity contribution in [3.63, 3.8) is 0 Å². The lowest BCUT2D eigenvalue weighted by molar-refractivity contribution is 0.0621. The number of hydrogen-bond donors (Lipinski definition) is 2. The summed E-state index contributed by atoms with van der Waals surface area (Å²) in [6, 6.07) is 0. The van der Waals surface area contributed by atoms with E-state index in [1.807, 2.05) is 0 Å². The molecule has 0 spiro atoms. The molecule has 0 radical (unpaired) electrons. The third kappa shape index (κ3) is 33.1. The first-order chi connectivity index (χ1) is 5.50. The van der Waals surface area contributed by atoms with Crippen LogP contribution < -0.4 is 0 Å². The van der Waals surface area contributed by atoms with Crippen LogP contribution in [0.15, 0.2) is 0 Å². The fraction of sp³-hybridized carbons (Fsp3) is 0.667. The highest BCUT2D eigenvalue weighted by atomic mass is 31.2. The van der Waals surface area contributed by atoms with Crippen LogP contribution in [-0.4, -0.2) is 29.3 Å². The van der Waals surface area contributed by atoms with Gasteiger partial charge in [-0.25, -0.2) is 0 Å². The quantitative estimate of drug-likeness (QED) is 0.408. The van der Waals surface area contributed by atoms with Crippen LogP contribution in [0.1, 0.15) is 6.92 Å². The Bertz CT molecular complexity index is 122. The smallest absolute Gasteiger partial charge is 0.391 e. The molecule has 0 saturated heterocycles. The molecule has 1 atom stereocenters. The first-order valence-electron chi connectivity index (χ1n) is 3.00. The highest BCUT2D eigenvalue weighted by molar-refractivity contribution is 7.39. The summed E-state index contributed by atoms with van der Waals surface area (Å²) in [5, 5.41) is 8.59. The number of terminal acetylenes is 1. The Kier molecular flexibility index (Phi) is 12.8. The molecule has 0 aliphatic heterocycles. The molecule has 2 N–H and O–H groups in total. The highest BCUT2D eigenvalue weighted by Crippen LogP contribution is 2.31. The molecule has 0 heterocycles. The normalized spacial score (nSPS) is 11.4. The summed E-state index contributed by atoms with van der Waals surface area (Å²) in [4.78, 5) is 6.79. The van der Waals surface area contributed by atoms with Gasteiger partial charge in [-0.15, -0.1) is 6.42 Å². The number of aliphatic hydroxyl groups excluding tert-OH is 1. The molecule has 0 rings (SSSR count). The lowest BCUT2D eigenvalue weighted by atomic mass is 10.4. The van der Waals surface area contributed by atoms with Gasteiger partial charge >= 0.3 is 8.77 Å². The van der Waals surface area contributed by atoms with Crippen molar-refractivity contribution in [1.82, 2.24) is 0 Å². The molecule has 0 aromatic carbocycles. The zero-order chi connectivity index (χ0) is 9.98. The fourth-order valence-electron chi connectivity index (χ4n) is 0.288. The molecule has 0 aliphatic rings. The van der Waals surface area contributed by atoms with Crippen LogP contribution >= 0.6 is 8.77 Å². The maximum Gasteiger partial charge on any atom is 0.412 e. The maximum atomic E-state index is 9.95. The summed E-state index contributed by atoms with van der Waals surface area (Å²) < 4.78 is 24.7. The molecular weight excluding hydrogens is 189 g/mol. The Labute approximate surface area is 71.4 Å². The topological polar surface area (TPSA) is 49.7 Å². The fourth-order valence-corrected chi connectivity index (χ4v) is 0.288. The second-order valence-corrected chi connectivity index (χ2v) is 2.21. The maximum absolute atomic E-state index is 9.95. The van der Waals surface area contributed by atoms with E-state index >= 15 is 0 Å². The largest absolute Gasteiger partial charge is 0.412 e. The molecule has 72 valence electrons. The van der Waals surface area contributed by atoms with Crippen LogP contribution in [0.3, 0.4) is 0 Å². The van der Waals surface area contributed by atoms with Crippen molar-refractivity contribution >= 4 is 8.77 Å². The van der Waals surface area contributed by atoms with E-state index in [0.29, 0.717) is 6.61 Å². The van der Waals surface area contributed by atoms with Gasteiger partial charge in [0.25, 0.3) is 0 Å². The van der Waals surface area contributed by atoms with Crippen LogP contribution in [0.2, 0.25) is 0 Å². The van der Waals surface area contributed by atoms with Gasteiger partial charge < -0.3 is 14.7 Å². The number of halogens is 2. The van der Waals surface area contributed by atoms with Gasteiger partial charge in [0.2, 0.25) is 0 Å². The summed E-state index contributed by atoms with van der Waals surface area (Å²) in [5.74, 6) is 2.29. The molecule has 0 aromatic heterocycles. The van der Waals surface area contributed by atoms with E-state index in [0.717, 1.165) is 0 Å². The Balaban J connectivity index is 0. The van der Waals surface area contributed by atoms with Crippen LogP contribution in [0.25, 0.3) is 0 Å².